The third-order valence-electron chi connectivity index (χ3n) is 4.16. The first kappa shape index (κ1) is 18.3. The summed E-state index contributed by atoms with van der Waals surface area (Å²) in [5, 5.41) is 0.663. The number of anilines is 1. The van der Waals surface area contributed by atoms with Crippen LogP contribution in [0, 0.1) is 0 Å². The molecule has 0 N–H and O–H groups in total. The average molecular weight is 423 g/mol. The highest BCUT2D eigenvalue weighted by atomic mass is 79.9. The van der Waals surface area contributed by atoms with Crippen LogP contribution < -0.4 is 4.90 Å². The summed E-state index contributed by atoms with van der Waals surface area (Å²) in [5.74, 6) is 0. The lowest BCUT2D eigenvalue weighted by molar-refractivity contribution is 0.0559. The van der Waals surface area contributed by atoms with Crippen LogP contribution in [0.2, 0.25) is 5.02 Å². The lowest BCUT2D eigenvalue weighted by Gasteiger charge is -2.39. The molecule has 0 radical (unpaired) electrons. The molecule has 1 unspecified atom stereocenters. The first-order chi connectivity index (χ1) is 11.8. The van der Waals surface area contributed by atoms with Crippen LogP contribution in [-0.4, -0.2) is 11.7 Å². The molecule has 3 rings (SSSR count). The predicted octanol–water partition coefficient (Wildman–Crippen LogP) is 6.53. The average Bonchev–Trinajstić information content (AvgIpc) is 2.53. The molecular formula is C20H21BrClNO2. The SMILES string of the molecule is CC(C)(C)OC(=O)N1c2c(Br)cccc2CCC1c1ccccc1Cl. The fourth-order valence-electron chi connectivity index (χ4n) is 3.18. The Morgan fingerprint density at radius 2 is 1.92 bits per heavy atom. The molecule has 132 valence electrons. The van der Waals surface area contributed by atoms with Crippen molar-refractivity contribution in [2.75, 3.05) is 4.90 Å². The molecule has 0 saturated carbocycles. The number of carbonyl (C=O) groups is 1. The van der Waals surface area contributed by atoms with E-state index in [9.17, 15) is 4.79 Å². The van der Waals surface area contributed by atoms with Crippen molar-refractivity contribution in [3.63, 3.8) is 0 Å². The van der Waals surface area contributed by atoms with E-state index in [-0.39, 0.29) is 12.1 Å². The monoisotopic (exact) mass is 421 g/mol. The standard InChI is InChI=1S/C20H21BrClNO2/c1-20(2,3)25-19(24)23-17(14-8-4-5-10-16(14)22)12-11-13-7-6-9-15(21)18(13)23/h4-10,17H,11-12H2,1-3H3. The largest absolute Gasteiger partial charge is 0.443 e. The van der Waals surface area contributed by atoms with Gasteiger partial charge in [-0.05, 0) is 72.8 Å². The highest BCUT2D eigenvalue weighted by Gasteiger charge is 2.36. The van der Waals surface area contributed by atoms with Crippen molar-refractivity contribution in [2.24, 2.45) is 0 Å². The van der Waals surface area contributed by atoms with Crippen LogP contribution >= 0.6 is 27.5 Å². The number of nitrogens with zero attached hydrogens (tertiary/aromatic N) is 1. The molecule has 2 aromatic rings. The van der Waals surface area contributed by atoms with Gasteiger partial charge in [0.2, 0.25) is 0 Å². The van der Waals surface area contributed by atoms with Crippen LogP contribution in [0.25, 0.3) is 0 Å². The van der Waals surface area contributed by atoms with E-state index >= 15 is 0 Å². The maximum atomic E-state index is 13.1. The van der Waals surface area contributed by atoms with Crippen molar-refractivity contribution < 1.29 is 9.53 Å². The minimum atomic E-state index is -0.568. The molecule has 25 heavy (non-hydrogen) atoms. The van der Waals surface area contributed by atoms with Crippen LogP contribution in [0.5, 0.6) is 0 Å². The topological polar surface area (TPSA) is 29.5 Å². The molecule has 2 aromatic carbocycles. The third-order valence-corrected chi connectivity index (χ3v) is 5.15. The minimum absolute atomic E-state index is 0.158. The van der Waals surface area contributed by atoms with Gasteiger partial charge in [0.1, 0.15) is 5.60 Å². The number of fused-ring (bicyclic) bond motifs is 1. The fraction of sp³-hybridized carbons (Fsp3) is 0.350. The summed E-state index contributed by atoms with van der Waals surface area (Å²) in [6.07, 6.45) is 1.32. The number of halogens is 2. The summed E-state index contributed by atoms with van der Waals surface area (Å²) in [4.78, 5) is 14.8. The Hall–Kier alpha value is -1.52. The Bertz CT molecular complexity index is 801. The number of rotatable bonds is 1. The first-order valence-corrected chi connectivity index (χ1v) is 9.49. The Morgan fingerprint density at radius 3 is 2.60 bits per heavy atom. The molecule has 0 spiro atoms. The number of hydrogen-bond acceptors (Lipinski definition) is 2. The molecule has 1 aliphatic rings. The lowest BCUT2D eigenvalue weighted by Crippen LogP contribution is -2.42. The maximum Gasteiger partial charge on any atom is 0.415 e. The van der Waals surface area contributed by atoms with Crippen LogP contribution in [0.15, 0.2) is 46.9 Å². The van der Waals surface area contributed by atoms with Gasteiger partial charge in [0, 0.05) is 9.50 Å². The van der Waals surface area contributed by atoms with E-state index in [4.69, 9.17) is 16.3 Å². The summed E-state index contributed by atoms with van der Waals surface area (Å²) in [6.45, 7) is 5.63. The van der Waals surface area contributed by atoms with Crippen molar-refractivity contribution in [1.29, 1.82) is 0 Å². The van der Waals surface area contributed by atoms with E-state index < -0.39 is 5.60 Å². The number of para-hydroxylation sites is 1. The van der Waals surface area contributed by atoms with E-state index in [1.807, 2.05) is 57.2 Å². The van der Waals surface area contributed by atoms with Crippen molar-refractivity contribution in [2.45, 2.75) is 45.3 Å². The van der Waals surface area contributed by atoms with Crippen LogP contribution in [0.4, 0.5) is 10.5 Å². The summed E-state index contributed by atoms with van der Waals surface area (Å²) in [7, 11) is 0. The number of carbonyl (C=O) groups excluding carboxylic acids is 1. The van der Waals surface area contributed by atoms with Crippen LogP contribution in [0.1, 0.15) is 44.4 Å². The van der Waals surface area contributed by atoms with Crippen molar-refractivity contribution in [1.82, 2.24) is 0 Å². The molecule has 1 atom stereocenters. The number of hydrogen-bond donors (Lipinski definition) is 0. The summed E-state index contributed by atoms with van der Waals surface area (Å²) in [5.41, 5.74) is 2.37. The molecule has 1 amide bonds. The third kappa shape index (κ3) is 3.85. The summed E-state index contributed by atoms with van der Waals surface area (Å²) >= 11 is 10.0. The second kappa shape index (κ2) is 7.00. The van der Waals surface area contributed by atoms with Gasteiger partial charge in [-0.3, -0.25) is 4.90 Å². The van der Waals surface area contributed by atoms with E-state index in [0.717, 1.165) is 34.1 Å². The maximum absolute atomic E-state index is 13.1. The zero-order valence-electron chi connectivity index (χ0n) is 14.6. The highest BCUT2D eigenvalue weighted by molar-refractivity contribution is 9.10. The Morgan fingerprint density at radius 1 is 1.20 bits per heavy atom. The minimum Gasteiger partial charge on any atom is -0.443 e. The molecule has 0 saturated heterocycles. The van der Waals surface area contributed by atoms with Crippen molar-refractivity contribution in [3.8, 4) is 0 Å². The smallest absolute Gasteiger partial charge is 0.415 e. The summed E-state index contributed by atoms with van der Waals surface area (Å²) < 4.78 is 6.59. The zero-order valence-corrected chi connectivity index (χ0v) is 16.9. The Labute approximate surface area is 162 Å². The molecular weight excluding hydrogens is 402 g/mol. The van der Waals surface area contributed by atoms with Crippen molar-refractivity contribution in [3.05, 3.63) is 63.1 Å². The van der Waals surface area contributed by atoms with Gasteiger partial charge >= 0.3 is 6.09 Å². The Balaban J connectivity index is 2.11. The van der Waals surface area contributed by atoms with Crippen molar-refractivity contribution >= 4 is 39.3 Å². The number of benzene rings is 2. The van der Waals surface area contributed by atoms with E-state index in [2.05, 4.69) is 22.0 Å². The zero-order chi connectivity index (χ0) is 18.2. The molecule has 1 heterocycles. The quantitative estimate of drug-likeness (QED) is 0.523. The van der Waals surface area contributed by atoms with Crippen LogP contribution in [0.3, 0.4) is 0 Å². The summed E-state index contributed by atoms with van der Waals surface area (Å²) in [6, 6.07) is 13.5. The van der Waals surface area contributed by atoms with Gasteiger partial charge in [0.15, 0.2) is 0 Å². The van der Waals surface area contributed by atoms with Crippen LogP contribution in [-0.2, 0) is 11.2 Å². The van der Waals surface area contributed by atoms with E-state index in [1.54, 1.807) is 4.90 Å². The molecule has 0 bridgehead atoms. The lowest BCUT2D eigenvalue weighted by atomic mass is 9.91. The number of amides is 1. The highest BCUT2D eigenvalue weighted by Crippen LogP contribution is 2.44. The van der Waals surface area contributed by atoms with Gasteiger partial charge in [-0.1, -0.05) is 41.9 Å². The van der Waals surface area contributed by atoms with E-state index in [1.165, 1.54) is 0 Å². The molecule has 0 aliphatic carbocycles. The first-order valence-electron chi connectivity index (χ1n) is 8.32. The fourth-order valence-corrected chi connectivity index (χ4v) is 4.04. The van der Waals surface area contributed by atoms with Gasteiger partial charge in [-0.2, -0.15) is 0 Å². The van der Waals surface area contributed by atoms with Gasteiger partial charge in [-0.15, -0.1) is 0 Å². The van der Waals surface area contributed by atoms with Gasteiger partial charge in [0.25, 0.3) is 0 Å². The molecule has 5 heteroatoms. The second-order valence-electron chi connectivity index (χ2n) is 7.17. The number of ether oxygens (including phenoxy) is 1. The molecule has 3 nitrogen and oxygen atoms in total. The van der Waals surface area contributed by atoms with Gasteiger partial charge in [-0.25, -0.2) is 4.79 Å². The predicted molar refractivity (Wildman–Crippen MR) is 105 cm³/mol. The molecule has 0 aromatic heterocycles. The van der Waals surface area contributed by atoms with E-state index in [0.29, 0.717) is 5.02 Å². The molecule has 0 fully saturated rings. The Kier molecular flexibility index (Phi) is 5.12. The normalized spacial score (nSPS) is 17.2. The second-order valence-corrected chi connectivity index (χ2v) is 8.44. The van der Waals surface area contributed by atoms with Gasteiger partial charge in [0.05, 0.1) is 11.7 Å². The van der Waals surface area contributed by atoms with Gasteiger partial charge < -0.3 is 4.74 Å². The molecule has 1 aliphatic heterocycles. The number of aryl methyl sites for hydroxylation is 1.